The molecule has 2 saturated heterocycles. The maximum Gasteiger partial charge on any atom is 0.248 e. The summed E-state index contributed by atoms with van der Waals surface area (Å²) in [7, 11) is 0. The Morgan fingerprint density at radius 3 is 2.56 bits per heavy atom. The van der Waals surface area contributed by atoms with Gasteiger partial charge in [0.05, 0.1) is 30.7 Å². The van der Waals surface area contributed by atoms with Gasteiger partial charge in [-0.05, 0) is 50.6 Å². The van der Waals surface area contributed by atoms with E-state index >= 15 is 8.78 Å². The number of carbonyl (C=O) groups is 1. The summed E-state index contributed by atoms with van der Waals surface area (Å²) < 4.78 is 36.9. The van der Waals surface area contributed by atoms with Gasteiger partial charge in [0.2, 0.25) is 11.9 Å². The average molecular weight is 563 g/mol. The normalized spacial score (nSPS) is 19.7. The Morgan fingerprint density at radius 2 is 1.85 bits per heavy atom. The molecular weight excluding hydrogens is 530 g/mol. The van der Waals surface area contributed by atoms with Crippen molar-refractivity contribution in [2.75, 3.05) is 43.1 Å². The topological polar surface area (TPSA) is 100 Å². The number of benzene rings is 1. The molecule has 0 radical (unpaired) electrons. The van der Waals surface area contributed by atoms with Crippen molar-refractivity contribution in [3.05, 3.63) is 65.6 Å². The first-order valence-electron chi connectivity index (χ1n) is 13.7. The highest BCUT2D eigenvalue weighted by Crippen LogP contribution is 2.27. The molecule has 5 heterocycles. The first-order chi connectivity index (χ1) is 19.7. The summed E-state index contributed by atoms with van der Waals surface area (Å²) in [5.41, 5.74) is 2.37. The molecule has 0 spiro atoms. The molecule has 2 aliphatic heterocycles. The Labute approximate surface area is 236 Å². The van der Waals surface area contributed by atoms with Gasteiger partial charge in [-0.1, -0.05) is 0 Å². The van der Waals surface area contributed by atoms with E-state index in [1.165, 1.54) is 17.0 Å². The largest absolute Gasteiger partial charge is 0.370 e. The first kappa shape index (κ1) is 27.0. The van der Waals surface area contributed by atoms with Crippen LogP contribution in [0.25, 0.3) is 16.7 Å². The van der Waals surface area contributed by atoms with E-state index in [2.05, 4.69) is 39.3 Å². The summed E-state index contributed by atoms with van der Waals surface area (Å²) >= 11 is 0. The molecule has 3 aromatic heterocycles. The minimum Gasteiger partial charge on any atom is -0.370 e. The number of morpholine rings is 1. The number of aromatic nitrogens is 4. The van der Waals surface area contributed by atoms with Gasteiger partial charge in [-0.3, -0.25) is 4.79 Å². The second-order valence-electron chi connectivity index (χ2n) is 10.8. The van der Waals surface area contributed by atoms with Gasteiger partial charge in [-0.2, -0.15) is 4.98 Å². The lowest BCUT2D eigenvalue weighted by atomic mass is 10.1. The third kappa shape index (κ3) is 5.57. The average Bonchev–Trinajstić information content (AvgIpc) is 3.34. The molecule has 0 bridgehead atoms. The highest BCUT2D eigenvalue weighted by atomic mass is 19.1. The fraction of sp³-hybridized carbons (Fsp3) is 0.379. The number of pyridine rings is 1. The zero-order valence-electron chi connectivity index (χ0n) is 23.2. The third-order valence-corrected chi connectivity index (χ3v) is 7.43. The van der Waals surface area contributed by atoms with Crippen LogP contribution >= 0.6 is 0 Å². The Kier molecular flexibility index (Phi) is 7.26. The van der Waals surface area contributed by atoms with Crippen molar-refractivity contribution in [1.82, 2.24) is 29.7 Å². The number of fused-ring (bicyclic) bond motifs is 1. The summed E-state index contributed by atoms with van der Waals surface area (Å²) in [5.74, 6) is -0.474. The molecular formula is C29H32F2N8O2. The van der Waals surface area contributed by atoms with Crippen LogP contribution in [-0.4, -0.2) is 75.3 Å². The molecule has 2 fully saturated rings. The summed E-state index contributed by atoms with van der Waals surface area (Å²) in [6, 6.07) is 7.05. The van der Waals surface area contributed by atoms with Crippen LogP contribution in [0.5, 0.6) is 0 Å². The lowest BCUT2D eigenvalue weighted by Gasteiger charge is -2.37. The second kappa shape index (κ2) is 11.0. The Bertz CT molecular complexity index is 1580. The van der Waals surface area contributed by atoms with E-state index in [0.717, 1.165) is 30.2 Å². The van der Waals surface area contributed by atoms with Crippen LogP contribution in [0.15, 0.2) is 42.9 Å². The lowest BCUT2D eigenvalue weighted by molar-refractivity contribution is -0.143. The molecule has 6 rings (SSSR count). The van der Waals surface area contributed by atoms with Gasteiger partial charge in [0.1, 0.15) is 29.7 Å². The van der Waals surface area contributed by atoms with Gasteiger partial charge >= 0.3 is 0 Å². The van der Waals surface area contributed by atoms with Crippen LogP contribution in [0, 0.1) is 18.6 Å². The monoisotopic (exact) mass is 562 g/mol. The Balaban J connectivity index is 1.24. The van der Waals surface area contributed by atoms with E-state index in [1.54, 1.807) is 29.2 Å². The highest BCUT2D eigenvalue weighted by molar-refractivity contribution is 5.79. The number of ether oxygens (including phenoxy) is 1. The number of rotatable bonds is 6. The fourth-order valence-corrected chi connectivity index (χ4v) is 5.57. The smallest absolute Gasteiger partial charge is 0.248 e. The number of aryl methyl sites for hydroxylation is 1. The predicted molar refractivity (Wildman–Crippen MR) is 152 cm³/mol. The third-order valence-electron chi connectivity index (χ3n) is 7.43. The van der Waals surface area contributed by atoms with Crippen molar-refractivity contribution in [1.29, 1.82) is 0 Å². The van der Waals surface area contributed by atoms with Crippen LogP contribution in [0.3, 0.4) is 0 Å². The molecule has 1 aromatic carbocycles. The van der Waals surface area contributed by atoms with E-state index in [0.29, 0.717) is 42.2 Å². The summed E-state index contributed by atoms with van der Waals surface area (Å²) in [6.45, 7) is 8.53. The minimum atomic E-state index is -0.733. The van der Waals surface area contributed by atoms with Crippen LogP contribution in [-0.2, 0) is 16.1 Å². The number of piperazine rings is 1. The van der Waals surface area contributed by atoms with Gasteiger partial charge in [0.25, 0.3) is 0 Å². The van der Waals surface area contributed by atoms with Crippen molar-refractivity contribution in [2.24, 2.45) is 0 Å². The van der Waals surface area contributed by atoms with Crippen molar-refractivity contribution in [3.8, 4) is 5.69 Å². The number of halogens is 2. The van der Waals surface area contributed by atoms with Crippen molar-refractivity contribution < 1.29 is 18.3 Å². The molecule has 2 N–H and O–H groups in total. The molecule has 4 aromatic rings. The zero-order valence-corrected chi connectivity index (χ0v) is 23.2. The molecule has 0 saturated carbocycles. The van der Waals surface area contributed by atoms with Crippen LogP contribution in [0.4, 0.5) is 26.2 Å². The summed E-state index contributed by atoms with van der Waals surface area (Å²) in [6.07, 6.45) is 5.11. The van der Waals surface area contributed by atoms with Crippen LogP contribution < -0.4 is 15.5 Å². The van der Waals surface area contributed by atoms with Crippen molar-refractivity contribution in [3.63, 3.8) is 0 Å². The Hall–Kier alpha value is -4.16. The standard InChI is InChI=1S/C29H32F2N8O2/c1-17-8-21(12-32-27(17)38-13-18(2)34-19(3)14-38)35-29-33-11-20-4-5-39(28(20)36-29)22-9-24(30)23(25(31)10-22)15-37-6-7-41-16-26(37)40/h4-5,8-12,18-19,34H,6-7,13-16H2,1-3H3,(H,33,35,36)/t18-,19+. The van der Waals surface area contributed by atoms with Crippen LogP contribution in [0.2, 0.25) is 0 Å². The van der Waals surface area contributed by atoms with E-state index in [1.807, 2.05) is 13.0 Å². The van der Waals surface area contributed by atoms with Crippen molar-refractivity contribution >= 4 is 34.4 Å². The molecule has 214 valence electrons. The Morgan fingerprint density at radius 1 is 1.10 bits per heavy atom. The van der Waals surface area contributed by atoms with Gasteiger partial charge in [0.15, 0.2) is 0 Å². The predicted octanol–water partition coefficient (Wildman–Crippen LogP) is 3.69. The number of carbonyl (C=O) groups excluding carboxylic acids is 1. The van der Waals surface area contributed by atoms with Gasteiger partial charge in [-0.25, -0.2) is 18.7 Å². The minimum absolute atomic E-state index is 0.0821. The van der Waals surface area contributed by atoms with E-state index in [9.17, 15) is 4.79 Å². The zero-order chi connectivity index (χ0) is 28.7. The number of anilines is 3. The van der Waals surface area contributed by atoms with E-state index < -0.39 is 11.6 Å². The van der Waals surface area contributed by atoms with E-state index in [-0.39, 0.29) is 30.3 Å². The molecule has 41 heavy (non-hydrogen) atoms. The summed E-state index contributed by atoms with van der Waals surface area (Å²) in [5, 5.41) is 7.46. The van der Waals surface area contributed by atoms with Gasteiger partial charge in [-0.15, -0.1) is 0 Å². The molecule has 2 atom stereocenters. The molecule has 2 aliphatic rings. The summed E-state index contributed by atoms with van der Waals surface area (Å²) in [4.78, 5) is 29.5. The fourth-order valence-electron chi connectivity index (χ4n) is 5.57. The van der Waals surface area contributed by atoms with Gasteiger partial charge < -0.3 is 29.7 Å². The molecule has 12 heteroatoms. The SMILES string of the molecule is Cc1cc(Nc2ncc3ccn(-c4cc(F)c(CN5CCOCC5=O)c(F)c4)c3n2)cnc1N1C[C@@H](C)N[C@@H](C)C1. The lowest BCUT2D eigenvalue weighted by Crippen LogP contribution is -2.54. The number of nitrogens with one attached hydrogen (secondary N) is 2. The number of hydrogen-bond donors (Lipinski definition) is 2. The van der Waals surface area contributed by atoms with Crippen molar-refractivity contribution in [2.45, 2.75) is 39.4 Å². The van der Waals surface area contributed by atoms with Crippen LogP contribution in [0.1, 0.15) is 25.0 Å². The maximum atomic E-state index is 15.1. The maximum absolute atomic E-state index is 15.1. The molecule has 10 nitrogen and oxygen atoms in total. The number of nitrogens with zero attached hydrogens (tertiary/aromatic N) is 6. The molecule has 0 unspecified atom stereocenters. The molecule has 1 amide bonds. The van der Waals surface area contributed by atoms with E-state index in [4.69, 9.17) is 9.72 Å². The number of hydrogen-bond acceptors (Lipinski definition) is 8. The number of amides is 1. The highest BCUT2D eigenvalue weighted by Gasteiger charge is 2.24. The van der Waals surface area contributed by atoms with Gasteiger partial charge in [0, 0.05) is 55.1 Å². The quantitative estimate of drug-likeness (QED) is 0.367. The molecule has 0 aliphatic carbocycles. The first-order valence-corrected chi connectivity index (χ1v) is 13.7. The second-order valence-corrected chi connectivity index (χ2v) is 10.8.